The predicted octanol–water partition coefficient (Wildman–Crippen LogP) is 7.51. The van der Waals surface area contributed by atoms with E-state index < -0.39 is 5.41 Å². The van der Waals surface area contributed by atoms with E-state index in [0.29, 0.717) is 71.9 Å². The van der Waals surface area contributed by atoms with Gasteiger partial charge in [0.2, 0.25) is 11.8 Å². The van der Waals surface area contributed by atoms with E-state index in [1.807, 2.05) is 82.6 Å². The zero-order chi connectivity index (χ0) is 33.5. The maximum absolute atomic E-state index is 14.7. The van der Waals surface area contributed by atoms with Gasteiger partial charge in [-0.05, 0) is 52.7 Å². The molecule has 1 spiro atoms. The van der Waals surface area contributed by atoms with Crippen LogP contribution >= 0.6 is 0 Å². The minimum absolute atomic E-state index is 0.0488. The van der Waals surface area contributed by atoms with E-state index in [2.05, 4.69) is 54.6 Å². The normalized spacial score (nSPS) is 22.8. The Morgan fingerprint density at radius 1 is 0.653 bits per heavy atom. The van der Waals surface area contributed by atoms with Gasteiger partial charge in [0.15, 0.2) is 0 Å². The number of nitrogens with zero attached hydrogens (tertiary/aromatic N) is 2. The first-order valence-electron chi connectivity index (χ1n) is 17.5. The summed E-state index contributed by atoms with van der Waals surface area (Å²) in [7, 11) is 0. The molecule has 6 heteroatoms. The van der Waals surface area contributed by atoms with E-state index in [1.165, 1.54) is 0 Å². The van der Waals surface area contributed by atoms with Gasteiger partial charge in [-0.15, -0.1) is 0 Å². The van der Waals surface area contributed by atoms with Crippen LogP contribution in [0.5, 0.6) is 0 Å². The quantitative estimate of drug-likeness (QED) is 0.0852. The van der Waals surface area contributed by atoms with Gasteiger partial charge in [-0.2, -0.15) is 0 Å². The summed E-state index contributed by atoms with van der Waals surface area (Å²) < 4.78 is 12.4. The number of rotatable bonds is 13. The van der Waals surface area contributed by atoms with Crippen LogP contribution in [0.15, 0.2) is 144 Å². The Labute approximate surface area is 289 Å². The Bertz CT molecular complexity index is 1790. The van der Waals surface area contributed by atoms with E-state index in [9.17, 15) is 9.59 Å². The molecular formula is C43H44N2O4. The molecule has 2 atom stereocenters. The van der Waals surface area contributed by atoms with Crippen molar-refractivity contribution >= 4 is 11.8 Å². The first-order chi connectivity index (χ1) is 24.1. The van der Waals surface area contributed by atoms with E-state index in [4.69, 9.17) is 9.47 Å². The summed E-state index contributed by atoms with van der Waals surface area (Å²) in [6.45, 7) is 4.37. The van der Waals surface area contributed by atoms with Crippen LogP contribution in [0.25, 0.3) is 0 Å². The highest BCUT2D eigenvalue weighted by Crippen LogP contribution is 2.63. The standard InChI is InChI=1S/C43H44N2O4/c46-41-38(21-25-44(41)29-33-13-5-1-6-14-33)40-37(22-27-48-31-35-17-9-3-10-18-35)39(23-28-49-32-36-19-11-4-12-20-36)43(40)24-26-45(42(43)47)30-34-15-7-2-8-16-34/h1-20,23,37H,21-22,24-32H2/b39-23+,40-38+. The smallest absolute Gasteiger partial charge is 0.250 e. The van der Waals surface area contributed by atoms with Gasteiger partial charge in [-0.3, -0.25) is 9.59 Å². The van der Waals surface area contributed by atoms with Gasteiger partial charge < -0.3 is 19.3 Å². The average Bonchev–Trinajstić information content (AvgIpc) is 3.66. The van der Waals surface area contributed by atoms with Crippen LogP contribution in [0.1, 0.15) is 41.5 Å². The van der Waals surface area contributed by atoms with Crippen molar-refractivity contribution in [3.63, 3.8) is 0 Å². The Kier molecular flexibility index (Phi) is 10.2. The van der Waals surface area contributed by atoms with Crippen molar-refractivity contribution in [2.24, 2.45) is 11.3 Å². The fraction of sp³-hybridized carbons (Fsp3) is 0.302. The molecule has 49 heavy (non-hydrogen) atoms. The molecule has 7 rings (SSSR count). The molecule has 4 aromatic carbocycles. The van der Waals surface area contributed by atoms with Crippen LogP contribution in [-0.4, -0.2) is 47.9 Å². The van der Waals surface area contributed by atoms with E-state index >= 15 is 0 Å². The Morgan fingerprint density at radius 2 is 1.18 bits per heavy atom. The molecule has 0 bridgehead atoms. The van der Waals surface area contributed by atoms with Crippen molar-refractivity contribution in [3.8, 4) is 0 Å². The van der Waals surface area contributed by atoms with Gasteiger partial charge in [0.1, 0.15) is 0 Å². The number of hydrogen-bond donors (Lipinski definition) is 0. The number of likely N-dealkylation sites (tertiary alicyclic amines) is 2. The summed E-state index contributed by atoms with van der Waals surface area (Å²) >= 11 is 0. The van der Waals surface area contributed by atoms with Crippen LogP contribution in [0.4, 0.5) is 0 Å². The fourth-order valence-electron chi connectivity index (χ4n) is 7.88. The summed E-state index contributed by atoms with van der Waals surface area (Å²) in [5.74, 6) is 0.110. The number of carbonyl (C=O) groups is 2. The third-order valence-corrected chi connectivity index (χ3v) is 10.2. The third-order valence-electron chi connectivity index (χ3n) is 10.2. The number of benzene rings is 4. The lowest BCUT2D eigenvalue weighted by Crippen LogP contribution is -2.51. The van der Waals surface area contributed by atoms with Crippen molar-refractivity contribution in [2.75, 3.05) is 26.3 Å². The minimum atomic E-state index is -0.817. The number of hydrogen-bond acceptors (Lipinski definition) is 4. The van der Waals surface area contributed by atoms with Gasteiger partial charge in [-0.25, -0.2) is 0 Å². The predicted molar refractivity (Wildman–Crippen MR) is 191 cm³/mol. The molecule has 2 amide bonds. The Hall–Kier alpha value is -4.78. The number of ether oxygens (including phenoxy) is 2. The monoisotopic (exact) mass is 652 g/mol. The van der Waals surface area contributed by atoms with E-state index in [0.717, 1.165) is 39.0 Å². The fourth-order valence-corrected chi connectivity index (χ4v) is 7.88. The SMILES string of the molecule is O=C1/C(=C2\C(CCOCc3ccccc3)/C(=C\COCc3ccccc3)C23CCN(Cc2ccccc2)C3=O)CCN1Cc1ccccc1. The molecule has 4 aromatic rings. The van der Waals surface area contributed by atoms with Gasteiger partial charge in [-0.1, -0.05) is 127 Å². The molecule has 3 fully saturated rings. The molecule has 0 radical (unpaired) electrons. The van der Waals surface area contributed by atoms with E-state index in [-0.39, 0.29) is 17.7 Å². The molecule has 2 saturated heterocycles. The van der Waals surface area contributed by atoms with Crippen molar-refractivity contribution < 1.29 is 19.1 Å². The Balaban J connectivity index is 1.19. The van der Waals surface area contributed by atoms with E-state index in [1.54, 1.807) is 0 Å². The average molecular weight is 653 g/mol. The van der Waals surface area contributed by atoms with Crippen LogP contribution in [0.3, 0.4) is 0 Å². The highest BCUT2D eigenvalue weighted by atomic mass is 16.5. The van der Waals surface area contributed by atoms with Gasteiger partial charge in [0.05, 0.1) is 25.2 Å². The molecule has 2 aliphatic heterocycles. The minimum Gasteiger partial charge on any atom is -0.377 e. The molecule has 250 valence electrons. The highest BCUT2D eigenvalue weighted by molar-refractivity contribution is 6.02. The number of amides is 2. The number of carbonyl (C=O) groups excluding carboxylic acids is 2. The third kappa shape index (κ3) is 7.03. The van der Waals surface area contributed by atoms with Crippen LogP contribution < -0.4 is 0 Å². The Morgan fingerprint density at radius 3 is 1.78 bits per heavy atom. The van der Waals surface area contributed by atoms with Gasteiger partial charge in [0.25, 0.3) is 0 Å². The van der Waals surface area contributed by atoms with Gasteiger partial charge >= 0.3 is 0 Å². The summed E-state index contributed by atoms with van der Waals surface area (Å²) in [6, 6.07) is 40.6. The second-order valence-corrected chi connectivity index (χ2v) is 13.3. The maximum atomic E-state index is 14.7. The first-order valence-corrected chi connectivity index (χ1v) is 17.5. The highest BCUT2D eigenvalue weighted by Gasteiger charge is 2.63. The van der Waals surface area contributed by atoms with Crippen molar-refractivity contribution in [1.82, 2.24) is 9.80 Å². The molecular weight excluding hydrogens is 608 g/mol. The maximum Gasteiger partial charge on any atom is 0.250 e. The van der Waals surface area contributed by atoms with Crippen molar-refractivity contribution in [2.45, 2.75) is 45.6 Å². The second kappa shape index (κ2) is 15.2. The lowest BCUT2D eigenvalue weighted by atomic mass is 9.50. The van der Waals surface area contributed by atoms with Crippen molar-refractivity contribution in [3.05, 3.63) is 166 Å². The molecule has 1 saturated carbocycles. The van der Waals surface area contributed by atoms with Crippen LogP contribution in [0, 0.1) is 11.3 Å². The first kappa shape index (κ1) is 32.8. The molecule has 0 aromatic heterocycles. The summed E-state index contributed by atoms with van der Waals surface area (Å²) in [6.07, 6.45) is 4.15. The molecule has 2 heterocycles. The molecule has 1 aliphatic carbocycles. The molecule has 0 N–H and O–H groups in total. The van der Waals surface area contributed by atoms with Gasteiger partial charge in [0, 0.05) is 44.3 Å². The zero-order valence-corrected chi connectivity index (χ0v) is 28.0. The van der Waals surface area contributed by atoms with Crippen LogP contribution in [0.2, 0.25) is 0 Å². The summed E-state index contributed by atoms with van der Waals surface area (Å²) in [5.41, 5.74) is 6.56. The molecule has 2 unspecified atom stereocenters. The lowest BCUT2D eigenvalue weighted by Gasteiger charge is -2.51. The van der Waals surface area contributed by atoms with Crippen molar-refractivity contribution in [1.29, 1.82) is 0 Å². The lowest BCUT2D eigenvalue weighted by molar-refractivity contribution is -0.135. The topological polar surface area (TPSA) is 59.1 Å². The molecule has 3 aliphatic rings. The summed E-state index contributed by atoms with van der Waals surface area (Å²) in [4.78, 5) is 32.9. The largest absolute Gasteiger partial charge is 0.377 e. The second-order valence-electron chi connectivity index (χ2n) is 13.3. The van der Waals surface area contributed by atoms with Crippen LogP contribution in [-0.2, 0) is 45.4 Å². The zero-order valence-electron chi connectivity index (χ0n) is 28.0. The summed E-state index contributed by atoms with van der Waals surface area (Å²) in [5, 5.41) is 0. The molecule has 6 nitrogen and oxygen atoms in total.